The third-order valence-corrected chi connectivity index (χ3v) is 9.04. The van der Waals surface area contributed by atoms with E-state index in [0.717, 1.165) is 18.4 Å². The summed E-state index contributed by atoms with van der Waals surface area (Å²) in [5, 5.41) is 15.8. The van der Waals surface area contributed by atoms with Crippen LogP contribution in [0.5, 0.6) is 0 Å². The number of rotatable bonds is 7. The zero-order chi connectivity index (χ0) is 28.1. The Morgan fingerprint density at radius 2 is 1.75 bits per heavy atom. The smallest absolute Gasteiger partial charge is 0.264 e. The van der Waals surface area contributed by atoms with Crippen molar-refractivity contribution in [3.63, 3.8) is 0 Å². The number of sulfonamides is 1. The predicted octanol–water partition coefficient (Wildman–Crippen LogP) is 2.45. The van der Waals surface area contributed by atoms with E-state index in [1.807, 2.05) is 11.8 Å². The SMILES string of the molecule is Cc1ccc(S(=O)(=O)Nc2ccc(-n3ncc4c(=O)n(CC5(O)CCN(C(=O)C6CC6)CC5)cnc43)cc2)cc1. The fourth-order valence-electron chi connectivity index (χ4n) is 5.06. The van der Waals surface area contributed by atoms with E-state index in [1.165, 1.54) is 21.8 Å². The molecule has 2 fully saturated rings. The summed E-state index contributed by atoms with van der Waals surface area (Å²) < 4.78 is 30.9. The number of nitrogens with zero attached hydrogens (tertiary/aromatic N) is 5. The standard InChI is InChI=1S/C28H30N6O5S/c1-19-2-10-23(11-3-19)40(38,39)31-21-6-8-22(9-7-21)34-25-24(16-30-34)27(36)33(18-29-25)17-28(37)12-14-32(15-13-28)26(35)20-4-5-20/h2-3,6-11,16,18,20,31,37H,4-5,12-15,17H2,1H3. The van der Waals surface area contributed by atoms with Crippen LogP contribution in [0, 0.1) is 12.8 Å². The van der Waals surface area contributed by atoms with Crippen molar-refractivity contribution in [1.82, 2.24) is 24.2 Å². The van der Waals surface area contributed by atoms with Crippen LogP contribution in [0.1, 0.15) is 31.2 Å². The number of anilines is 1. The molecule has 208 valence electrons. The number of aryl methyl sites for hydroxylation is 1. The third kappa shape index (κ3) is 5.11. The lowest BCUT2D eigenvalue weighted by atomic mass is 9.91. The van der Waals surface area contributed by atoms with Gasteiger partial charge in [0.1, 0.15) is 11.7 Å². The number of nitrogens with one attached hydrogen (secondary N) is 1. The van der Waals surface area contributed by atoms with Gasteiger partial charge in [-0.3, -0.25) is 18.9 Å². The Bertz CT molecular complexity index is 1730. The highest BCUT2D eigenvalue weighted by atomic mass is 32.2. The Morgan fingerprint density at radius 1 is 1.07 bits per heavy atom. The zero-order valence-electron chi connectivity index (χ0n) is 22.0. The van der Waals surface area contributed by atoms with Gasteiger partial charge in [0.25, 0.3) is 15.6 Å². The largest absolute Gasteiger partial charge is 0.388 e. The number of benzene rings is 2. The van der Waals surface area contributed by atoms with Gasteiger partial charge in [0.15, 0.2) is 5.65 Å². The monoisotopic (exact) mass is 562 g/mol. The van der Waals surface area contributed by atoms with Gasteiger partial charge in [-0.05, 0) is 69.0 Å². The van der Waals surface area contributed by atoms with E-state index in [1.54, 1.807) is 48.5 Å². The maximum absolute atomic E-state index is 13.2. The van der Waals surface area contributed by atoms with Crippen molar-refractivity contribution in [1.29, 1.82) is 0 Å². The summed E-state index contributed by atoms with van der Waals surface area (Å²) in [5.41, 5.74) is 0.887. The average molecular weight is 563 g/mol. The quantitative estimate of drug-likeness (QED) is 0.353. The first kappa shape index (κ1) is 26.2. The molecule has 12 heteroatoms. The lowest BCUT2D eigenvalue weighted by molar-refractivity contribution is -0.137. The van der Waals surface area contributed by atoms with E-state index in [9.17, 15) is 23.1 Å². The number of hydrogen-bond acceptors (Lipinski definition) is 7. The highest BCUT2D eigenvalue weighted by Crippen LogP contribution is 2.33. The van der Waals surface area contributed by atoms with Crippen LogP contribution in [0.3, 0.4) is 0 Å². The molecule has 2 aliphatic rings. The first-order valence-electron chi connectivity index (χ1n) is 13.3. The summed E-state index contributed by atoms with van der Waals surface area (Å²) in [6.45, 7) is 2.93. The molecule has 6 rings (SSSR count). The van der Waals surface area contributed by atoms with Gasteiger partial charge in [-0.25, -0.2) is 18.1 Å². The Labute approximate surface area is 231 Å². The van der Waals surface area contributed by atoms with Crippen LogP contribution < -0.4 is 10.3 Å². The van der Waals surface area contributed by atoms with Crippen molar-refractivity contribution >= 4 is 32.7 Å². The Kier molecular flexibility index (Phi) is 6.46. The van der Waals surface area contributed by atoms with Crippen molar-refractivity contribution < 1.29 is 18.3 Å². The topological polar surface area (TPSA) is 139 Å². The molecule has 0 unspecified atom stereocenters. The van der Waals surface area contributed by atoms with Crippen molar-refractivity contribution in [3.05, 3.63) is 77.0 Å². The minimum atomic E-state index is -3.74. The molecule has 2 N–H and O–H groups in total. The third-order valence-electron chi connectivity index (χ3n) is 7.65. The molecule has 3 heterocycles. The summed E-state index contributed by atoms with van der Waals surface area (Å²) >= 11 is 0. The summed E-state index contributed by atoms with van der Waals surface area (Å²) in [6.07, 6.45) is 5.55. The normalized spacial score (nSPS) is 17.2. The maximum atomic E-state index is 13.2. The Hall–Kier alpha value is -4.03. The van der Waals surface area contributed by atoms with Gasteiger partial charge in [-0.1, -0.05) is 17.7 Å². The number of hydrogen-bond donors (Lipinski definition) is 2. The summed E-state index contributed by atoms with van der Waals surface area (Å²) in [6, 6.07) is 13.2. The first-order chi connectivity index (χ1) is 19.1. The average Bonchev–Trinajstić information content (AvgIpc) is 3.70. The molecule has 1 aliphatic heterocycles. The minimum absolute atomic E-state index is 0.0846. The fourth-order valence-corrected chi connectivity index (χ4v) is 6.12. The Balaban J connectivity index is 1.17. The predicted molar refractivity (Wildman–Crippen MR) is 149 cm³/mol. The zero-order valence-corrected chi connectivity index (χ0v) is 22.8. The minimum Gasteiger partial charge on any atom is -0.388 e. The van der Waals surface area contributed by atoms with Gasteiger partial charge in [0.2, 0.25) is 5.91 Å². The molecular weight excluding hydrogens is 532 g/mol. The van der Waals surface area contributed by atoms with Crippen LogP contribution in [0.25, 0.3) is 16.7 Å². The molecular formula is C28H30N6O5S. The number of likely N-dealkylation sites (tertiary alicyclic amines) is 1. The van der Waals surface area contributed by atoms with E-state index in [4.69, 9.17) is 0 Å². The Morgan fingerprint density at radius 3 is 2.40 bits per heavy atom. The molecule has 1 amide bonds. The van der Waals surface area contributed by atoms with Crippen LogP contribution in [0.15, 0.2) is 70.7 Å². The molecule has 2 aromatic carbocycles. The second-order valence-corrected chi connectivity index (χ2v) is 12.4. The molecule has 1 saturated carbocycles. The van der Waals surface area contributed by atoms with Gasteiger partial charge < -0.3 is 10.0 Å². The molecule has 11 nitrogen and oxygen atoms in total. The van der Waals surface area contributed by atoms with E-state index in [-0.39, 0.29) is 28.8 Å². The second kappa shape index (κ2) is 9.86. The van der Waals surface area contributed by atoms with Gasteiger partial charge in [-0.15, -0.1) is 0 Å². The van der Waals surface area contributed by atoms with Crippen LogP contribution in [-0.4, -0.2) is 62.4 Å². The molecule has 40 heavy (non-hydrogen) atoms. The van der Waals surface area contributed by atoms with Gasteiger partial charge in [0.05, 0.1) is 28.9 Å². The van der Waals surface area contributed by atoms with Crippen LogP contribution in [0.4, 0.5) is 5.69 Å². The number of fused-ring (bicyclic) bond motifs is 1. The number of carbonyl (C=O) groups excluding carboxylic acids is 1. The van der Waals surface area contributed by atoms with Crippen molar-refractivity contribution in [2.75, 3.05) is 17.8 Å². The molecule has 0 atom stereocenters. The first-order valence-corrected chi connectivity index (χ1v) is 14.7. The lowest BCUT2D eigenvalue weighted by Gasteiger charge is -2.38. The fraction of sp³-hybridized carbons (Fsp3) is 0.357. The number of amides is 1. The summed E-state index contributed by atoms with van der Waals surface area (Å²) in [7, 11) is -3.74. The van der Waals surface area contributed by atoms with Crippen LogP contribution >= 0.6 is 0 Å². The van der Waals surface area contributed by atoms with Crippen LogP contribution in [-0.2, 0) is 21.4 Å². The second-order valence-electron chi connectivity index (χ2n) is 10.8. The highest BCUT2D eigenvalue weighted by Gasteiger charge is 2.39. The van der Waals surface area contributed by atoms with E-state index in [0.29, 0.717) is 48.3 Å². The van der Waals surface area contributed by atoms with E-state index < -0.39 is 15.6 Å². The molecule has 2 aromatic heterocycles. The van der Waals surface area contributed by atoms with E-state index in [2.05, 4.69) is 14.8 Å². The molecule has 0 bridgehead atoms. The number of aromatic nitrogens is 4. The molecule has 4 aromatic rings. The van der Waals surface area contributed by atoms with Gasteiger partial charge in [0, 0.05) is 24.7 Å². The molecule has 1 aliphatic carbocycles. The molecule has 0 radical (unpaired) electrons. The van der Waals surface area contributed by atoms with Crippen molar-refractivity contribution in [3.8, 4) is 5.69 Å². The van der Waals surface area contributed by atoms with Crippen molar-refractivity contribution in [2.45, 2.75) is 49.6 Å². The van der Waals surface area contributed by atoms with E-state index >= 15 is 0 Å². The number of aliphatic hydroxyl groups is 1. The highest BCUT2D eigenvalue weighted by molar-refractivity contribution is 7.92. The maximum Gasteiger partial charge on any atom is 0.264 e. The van der Waals surface area contributed by atoms with Gasteiger partial charge >= 0.3 is 0 Å². The summed E-state index contributed by atoms with van der Waals surface area (Å²) in [4.78, 5) is 32.0. The molecule has 1 saturated heterocycles. The number of piperidine rings is 1. The summed E-state index contributed by atoms with van der Waals surface area (Å²) in [5.74, 6) is 0.322. The molecule has 0 spiro atoms. The van der Waals surface area contributed by atoms with Crippen LogP contribution in [0.2, 0.25) is 0 Å². The number of carbonyl (C=O) groups is 1. The lowest BCUT2D eigenvalue weighted by Crippen LogP contribution is -2.50. The van der Waals surface area contributed by atoms with Gasteiger partial charge in [-0.2, -0.15) is 5.10 Å². The van der Waals surface area contributed by atoms with Crippen molar-refractivity contribution in [2.24, 2.45) is 5.92 Å².